The Morgan fingerprint density at radius 1 is 0.267 bits per heavy atom. The van der Waals surface area contributed by atoms with Crippen molar-refractivity contribution in [3.63, 3.8) is 0 Å². The van der Waals surface area contributed by atoms with Crippen molar-refractivity contribution in [2.45, 2.75) is 0 Å². The minimum atomic E-state index is 1.09. The Morgan fingerprint density at radius 3 is 1.55 bits per heavy atom. The maximum absolute atomic E-state index is 2.44. The summed E-state index contributed by atoms with van der Waals surface area (Å²) in [5, 5.41) is 5.00. The summed E-state index contributed by atoms with van der Waals surface area (Å²) in [6.45, 7) is 0. The Morgan fingerprint density at radius 2 is 0.783 bits per heavy atom. The third-order valence-electron chi connectivity index (χ3n) is 11.8. The number of hydrogen-bond donors (Lipinski definition) is 0. The van der Waals surface area contributed by atoms with Crippen molar-refractivity contribution in [2.75, 3.05) is 4.90 Å². The second kappa shape index (κ2) is 15.1. The van der Waals surface area contributed by atoms with E-state index in [1.54, 1.807) is 0 Å². The van der Waals surface area contributed by atoms with E-state index in [0.717, 1.165) is 28.3 Å². The number of hydrogen-bond acceptors (Lipinski definition) is 1. The van der Waals surface area contributed by atoms with Crippen LogP contribution in [0.15, 0.2) is 243 Å². The predicted octanol–water partition coefficient (Wildman–Crippen LogP) is 16.1. The molecule has 11 rings (SSSR count). The van der Waals surface area contributed by atoms with Crippen LogP contribution in [0.25, 0.3) is 82.8 Å². The average molecular weight is 765 g/mol. The topological polar surface area (TPSA) is 8.17 Å². The van der Waals surface area contributed by atoms with Gasteiger partial charge >= 0.3 is 0 Å². The SMILES string of the molecule is c1ccc(-c2ccc(N(c3ccc(-c4ccccc4-n4c5ccccc5c5cc(-c6cccc7ccccc67)ccc54)cc3)c3cccc(-c4ccccc4)c3)cc2)cc1. The second-order valence-electron chi connectivity index (χ2n) is 15.3. The van der Waals surface area contributed by atoms with Crippen LogP contribution in [-0.2, 0) is 0 Å². The molecule has 2 heteroatoms. The maximum Gasteiger partial charge on any atom is 0.0541 e. The molecule has 0 aliphatic carbocycles. The van der Waals surface area contributed by atoms with E-state index in [9.17, 15) is 0 Å². The summed E-state index contributed by atoms with van der Waals surface area (Å²) in [4.78, 5) is 2.36. The van der Waals surface area contributed by atoms with Gasteiger partial charge in [-0.2, -0.15) is 0 Å². The monoisotopic (exact) mass is 764 g/mol. The zero-order chi connectivity index (χ0) is 39.8. The van der Waals surface area contributed by atoms with Crippen molar-refractivity contribution >= 4 is 49.6 Å². The van der Waals surface area contributed by atoms with Gasteiger partial charge in [0.1, 0.15) is 0 Å². The third kappa shape index (κ3) is 6.32. The molecule has 0 fully saturated rings. The van der Waals surface area contributed by atoms with Gasteiger partial charge in [-0.25, -0.2) is 0 Å². The van der Waals surface area contributed by atoms with Crippen molar-refractivity contribution in [3.05, 3.63) is 243 Å². The normalized spacial score (nSPS) is 11.3. The fourth-order valence-corrected chi connectivity index (χ4v) is 8.92. The number of aromatic nitrogens is 1. The highest BCUT2D eigenvalue weighted by atomic mass is 15.1. The maximum atomic E-state index is 2.44. The molecule has 60 heavy (non-hydrogen) atoms. The van der Waals surface area contributed by atoms with Gasteiger partial charge in [0.2, 0.25) is 0 Å². The molecule has 2 nitrogen and oxygen atoms in total. The van der Waals surface area contributed by atoms with Crippen molar-refractivity contribution in [2.24, 2.45) is 0 Å². The van der Waals surface area contributed by atoms with Gasteiger partial charge in [-0.15, -0.1) is 0 Å². The van der Waals surface area contributed by atoms with Crippen LogP contribution in [0.3, 0.4) is 0 Å². The molecule has 0 radical (unpaired) electrons. The highest BCUT2D eigenvalue weighted by Gasteiger charge is 2.18. The number of benzene rings is 10. The van der Waals surface area contributed by atoms with E-state index in [2.05, 4.69) is 252 Å². The van der Waals surface area contributed by atoms with Crippen LogP contribution in [0.4, 0.5) is 17.1 Å². The summed E-state index contributed by atoms with van der Waals surface area (Å²) in [7, 11) is 0. The third-order valence-corrected chi connectivity index (χ3v) is 11.8. The largest absolute Gasteiger partial charge is 0.310 e. The highest BCUT2D eigenvalue weighted by Crippen LogP contribution is 2.41. The smallest absolute Gasteiger partial charge is 0.0541 e. The van der Waals surface area contributed by atoms with E-state index in [1.165, 1.54) is 71.5 Å². The number of nitrogens with zero attached hydrogens (tertiary/aromatic N) is 2. The molecule has 0 amide bonds. The van der Waals surface area contributed by atoms with E-state index in [-0.39, 0.29) is 0 Å². The Balaban J connectivity index is 1.01. The molecular formula is C58H40N2. The van der Waals surface area contributed by atoms with E-state index < -0.39 is 0 Å². The van der Waals surface area contributed by atoms with Gasteiger partial charge in [-0.05, 0) is 110 Å². The number of fused-ring (bicyclic) bond motifs is 4. The van der Waals surface area contributed by atoms with Crippen LogP contribution in [0.5, 0.6) is 0 Å². The van der Waals surface area contributed by atoms with E-state index in [0.29, 0.717) is 0 Å². The summed E-state index contributed by atoms with van der Waals surface area (Å²) >= 11 is 0. The Labute approximate surface area is 350 Å². The Kier molecular flexibility index (Phi) is 8.87. The van der Waals surface area contributed by atoms with Gasteiger partial charge in [0.15, 0.2) is 0 Å². The lowest BCUT2D eigenvalue weighted by Crippen LogP contribution is -2.10. The molecule has 0 unspecified atom stereocenters. The van der Waals surface area contributed by atoms with Gasteiger partial charge in [0.05, 0.1) is 16.7 Å². The molecule has 1 heterocycles. The zero-order valence-corrected chi connectivity index (χ0v) is 33.0. The zero-order valence-electron chi connectivity index (χ0n) is 33.0. The highest BCUT2D eigenvalue weighted by molar-refractivity contribution is 6.12. The van der Waals surface area contributed by atoms with Crippen LogP contribution < -0.4 is 4.90 Å². The number of para-hydroxylation sites is 2. The molecule has 1 aromatic heterocycles. The second-order valence-corrected chi connectivity index (χ2v) is 15.3. The predicted molar refractivity (Wildman–Crippen MR) is 255 cm³/mol. The standard InChI is InChI=1S/C58H40N2/c1-3-15-41(16-4-1)43-29-34-48(35-30-43)59(50-22-13-21-46(39-50)42-17-5-2-6-18-42)49-36-31-45(32-37-49)53-24-9-11-27-56(53)60-57-28-12-10-25-54(57)55-40-47(33-38-58(55)60)52-26-14-20-44-19-7-8-23-51(44)52/h1-40H. The molecule has 0 spiro atoms. The van der Waals surface area contributed by atoms with Crippen molar-refractivity contribution in [3.8, 4) is 50.2 Å². The molecule has 0 saturated heterocycles. The lowest BCUT2D eigenvalue weighted by atomic mass is 9.97. The first-order chi connectivity index (χ1) is 29.8. The first-order valence-corrected chi connectivity index (χ1v) is 20.6. The molecule has 0 saturated carbocycles. The summed E-state index contributed by atoms with van der Waals surface area (Å²) in [5.41, 5.74) is 16.4. The Bertz CT molecular complexity index is 3280. The first-order valence-electron chi connectivity index (χ1n) is 20.6. The molecule has 0 atom stereocenters. The van der Waals surface area contributed by atoms with Gasteiger partial charge in [-0.3, -0.25) is 0 Å². The van der Waals surface area contributed by atoms with Gasteiger partial charge in [0.25, 0.3) is 0 Å². The van der Waals surface area contributed by atoms with Crippen LogP contribution in [-0.4, -0.2) is 4.57 Å². The summed E-state index contributed by atoms with van der Waals surface area (Å²) in [5.74, 6) is 0. The molecule has 282 valence electrons. The number of rotatable bonds is 8. The van der Waals surface area contributed by atoms with Gasteiger partial charge < -0.3 is 9.47 Å². The lowest BCUT2D eigenvalue weighted by Gasteiger charge is -2.26. The first kappa shape index (κ1) is 35.2. The Hall–Kier alpha value is -7.94. The molecule has 11 aromatic rings. The van der Waals surface area contributed by atoms with Crippen molar-refractivity contribution in [1.82, 2.24) is 4.57 Å². The van der Waals surface area contributed by atoms with Crippen LogP contribution in [0, 0.1) is 0 Å². The average Bonchev–Trinajstić information content (AvgIpc) is 3.66. The van der Waals surface area contributed by atoms with Gasteiger partial charge in [-0.1, -0.05) is 182 Å². The summed E-state index contributed by atoms with van der Waals surface area (Å²) in [6, 6.07) is 87.8. The van der Waals surface area contributed by atoms with E-state index in [1.807, 2.05) is 0 Å². The molecule has 0 aliphatic rings. The van der Waals surface area contributed by atoms with Crippen LogP contribution in [0.2, 0.25) is 0 Å². The fraction of sp³-hybridized carbons (Fsp3) is 0. The molecule has 10 aromatic carbocycles. The van der Waals surface area contributed by atoms with Crippen molar-refractivity contribution in [1.29, 1.82) is 0 Å². The lowest BCUT2D eigenvalue weighted by molar-refractivity contribution is 1.18. The minimum absolute atomic E-state index is 1.09. The molecular weight excluding hydrogens is 725 g/mol. The quantitative estimate of drug-likeness (QED) is 0.150. The van der Waals surface area contributed by atoms with Gasteiger partial charge in [0, 0.05) is 33.4 Å². The summed E-state index contributed by atoms with van der Waals surface area (Å²) in [6.07, 6.45) is 0. The van der Waals surface area contributed by atoms with Crippen LogP contribution in [0.1, 0.15) is 0 Å². The van der Waals surface area contributed by atoms with E-state index in [4.69, 9.17) is 0 Å². The van der Waals surface area contributed by atoms with E-state index >= 15 is 0 Å². The number of anilines is 3. The van der Waals surface area contributed by atoms with Crippen molar-refractivity contribution < 1.29 is 0 Å². The molecule has 0 N–H and O–H groups in total. The molecule has 0 bridgehead atoms. The fourth-order valence-electron chi connectivity index (χ4n) is 8.92. The molecule has 0 aliphatic heterocycles. The summed E-state index contributed by atoms with van der Waals surface area (Å²) < 4.78 is 2.44. The van der Waals surface area contributed by atoms with Crippen LogP contribution >= 0.6 is 0 Å². The minimum Gasteiger partial charge on any atom is -0.310 e.